The number of fused-ring (bicyclic) bond motifs is 1. The first-order chi connectivity index (χ1) is 14.9. The van der Waals surface area contributed by atoms with Gasteiger partial charge in [0.15, 0.2) is 11.0 Å². The van der Waals surface area contributed by atoms with E-state index >= 15 is 0 Å². The van der Waals surface area contributed by atoms with Crippen molar-refractivity contribution in [3.05, 3.63) is 87.7 Å². The first-order valence-electron chi connectivity index (χ1n) is 9.57. The molecule has 0 radical (unpaired) electrons. The van der Waals surface area contributed by atoms with Gasteiger partial charge in [-0.25, -0.2) is 9.19 Å². The molecule has 1 aromatic heterocycles. The zero-order chi connectivity index (χ0) is 22.5. The molecule has 6 nitrogen and oxygen atoms in total. The number of nitrogens with zero attached hydrogens (tertiary/aromatic N) is 1. The van der Waals surface area contributed by atoms with Crippen molar-refractivity contribution in [3.8, 4) is 11.3 Å². The molecule has 0 amide bonds. The summed E-state index contributed by atoms with van der Waals surface area (Å²) < 4.78 is 16.2. The van der Waals surface area contributed by atoms with Crippen LogP contribution in [0.3, 0.4) is 0 Å². The summed E-state index contributed by atoms with van der Waals surface area (Å²) in [5, 5.41) is 0. The van der Waals surface area contributed by atoms with Crippen LogP contribution >= 0.6 is 0 Å². The predicted octanol–water partition coefficient (Wildman–Crippen LogP) is 4.47. The summed E-state index contributed by atoms with van der Waals surface area (Å²) in [6.45, 7) is 7.93. The van der Waals surface area contributed by atoms with Gasteiger partial charge in [-0.3, -0.25) is 4.79 Å². The van der Waals surface area contributed by atoms with E-state index < -0.39 is 11.0 Å². The number of rotatable bonds is 4. The lowest BCUT2D eigenvalue weighted by atomic mass is 10.1. The Morgan fingerprint density at radius 2 is 1.55 bits per heavy atom. The molecule has 31 heavy (non-hydrogen) atoms. The predicted molar refractivity (Wildman–Crippen MR) is 126 cm³/mol. The van der Waals surface area contributed by atoms with Crippen LogP contribution < -0.4 is 10.3 Å². The van der Waals surface area contributed by atoms with E-state index in [-0.39, 0.29) is 5.56 Å². The van der Waals surface area contributed by atoms with Crippen molar-refractivity contribution in [1.82, 2.24) is 9.97 Å². The number of carbonyl (C=O) groups is 1. The van der Waals surface area contributed by atoms with Crippen LogP contribution in [0.1, 0.15) is 16.7 Å². The third-order valence-corrected chi connectivity index (χ3v) is 6.19. The van der Waals surface area contributed by atoms with Crippen LogP contribution in [0.25, 0.3) is 22.3 Å². The van der Waals surface area contributed by atoms with Gasteiger partial charge in [0.05, 0.1) is 21.6 Å². The molecule has 7 heteroatoms. The van der Waals surface area contributed by atoms with E-state index in [1.807, 2.05) is 82.2 Å². The van der Waals surface area contributed by atoms with Crippen molar-refractivity contribution < 1.29 is 9.00 Å². The molecule has 4 rings (SSSR count). The molecular formula is C24H23N3O3S. The van der Waals surface area contributed by atoms with Gasteiger partial charge in [-0.15, -0.1) is 0 Å². The maximum absolute atomic E-state index is 13.1. The number of para-hydroxylation sites is 3. The summed E-state index contributed by atoms with van der Waals surface area (Å²) >= 11 is 0. The average molecular weight is 434 g/mol. The van der Waals surface area contributed by atoms with Gasteiger partial charge in [0.2, 0.25) is 0 Å². The van der Waals surface area contributed by atoms with Gasteiger partial charge in [-0.05, 0) is 50.1 Å². The molecule has 2 N–H and O–H groups in total. The molecular weight excluding hydrogens is 410 g/mol. The second-order valence-corrected chi connectivity index (χ2v) is 8.23. The fourth-order valence-electron chi connectivity index (χ4n) is 3.60. The topological polar surface area (TPSA) is 91.9 Å². The van der Waals surface area contributed by atoms with Gasteiger partial charge in [-0.1, -0.05) is 48.0 Å². The number of benzene rings is 3. The number of H-pyrrole nitrogens is 1. The van der Waals surface area contributed by atoms with Crippen LogP contribution in [0.4, 0.5) is 5.69 Å². The molecule has 0 aliphatic carbocycles. The molecule has 1 atom stereocenters. The maximum Gasteiger partial charge on any atom is 0.275 e. The lowest BCUT2D eigenvalue weighted by molar-refractivity contribution is -0.0979. The fraction of sp³-hybridized carbons (Fsp3) is 0.125. The van der Waals surface area contributed by atoms with E-state index in [1.54, 1.807) is 6.07 Å². The minimum Gasteiger partial charge on any atom is -0.319 e. The second-order valence-electron chi connectivity index (χ2n) is 7.08. The molecule has 0 fully saturated rings. The highest BCUT2D eigenvalue weighted by Gasteiger charge is 2.16. The van der Waals surface area contributed by atoms with Crippen molar-refractivity contribution in [2.75, 3.05) is 4.72 Å². The number of aromatic amines is 1. The molecule has 1 heterocycles. The molecule has 1 unspecified atom stereocenters. The highest BCUT2D eigenvalue weighted by atomic mass is 32.2. The Labute approximate surface area is 183 Å². The first kappa shape index (κ1) is 22.1. The molecule has 0 saturated heterocycles. The second kappa shape index (κ2) is 9.49. The van der Waals surface area contributed by atoms with Gasteiger partial charge in [0.25, 0.3) is 5.56 Å². The molecule has 4 aromatic rings. The summed E-state index contributed by atoms with van der Waals surface area (Å²) in [7, 11) is -1.47. The molecule has 0 aliphatic heterocycles. The normalized spacial score (nSPS) is 11.5. The third-order valence-electron chi connectivity index (χ3n) is 4.77. The highest BCUT2D eigenvalue weighted by molar-refractivity contribution is 7.86. The van der Waals surface area contributed by atoms with E-state index in [2.05, 4.69) is 14.7 Å². The lowest BCUT2D eigenvalue weighted by Crippen LogP contribution is -2.14. The molecule has 0 aliphatic rings. The summed E-state index contributed by atoms with van der Waals surface area (Å²) in [5.41, 5.74) is 5.65. The number of hydrogen-bond acceptors (Lipinski definition) is 4. The zero-order valence-corrected chi connectivity index (χ0v) is 18.4. The standard InChI is InChI=1S/C23H21N3O2S.CH2O/c1-14-12-15(2)22(16(3)13-14)29(28)26-18-9-5-4-8-17(18)21-23(27)25-20-11-7-6-10-19(20)24-21;1-2/h4-13,26H,1-3H3,(H,25,27);1H2. The Balaban J connectivity index is 0.00000132. The van der Waals surface area contributed by atoms with Crippen LogP contribution in [0, 0.1) is 20.8 Å². The Hall–Kier alpha value is -3.58. The first-order valence-corrected chi connectivity index (χ1v) is 10.7. The maximum atomic E-state index is 13.1. The van der Waals surface area contributed by atoms with E-state index in [4.69, 9.17) is 4.79 Å². The smallest absolute Gasteiger partial charge is 0.275 e. The van der Waals surface area contributed by atoms with Gasteiger partial charge in [0, 0.05) is 5.56 Å². The number of anilines is 1. The highest BCUT2D eigenvalue weighted by Crippen LogP contribution is 2.28. The van der Waals surface area contributed by atoms with Crippen LogP contribution in [0.5, 0.6) is 0 Å². The van der Waals surface area contributed by atoms with E-state index in [1.165, 1.54) is 0 Å². The quantitative estimate of drug-likeness (QED) is 0.497. The minimum atomic E-state index is -1.47. The van der Waals surface area contributed by atoms with Crippen LogP contribution in [-0.2, 0) is 15.8 Å². The average Bonchev–Trinajstić information content (AvgIpc) is 2.74. The van der Waals surface area contributed by atoms with Crippen LogP contribution in [0.2, 0.25) is 0 Å². The largest absolute Gasteiger partial charge is 0.319 e. The van der Waals surface area contributed by atoms with Gasteiger partial charge < -0.3 is 14.5 Å². The van der Waals surface area contributed by atoms with Crippen molar-refractivity contribution in [2.24, 2.45) is 0 Å². The van der Waals surface area contributed by atoms with Crippen LogP contribution in [-0.4, -0.2) is 21.0 Å². The monoisotopic (exact) mass is 433 g/mol. The van der Waals surface area contributed by atoms with E-state index in [9.17, 15) is 9.00 Å². The number of aryl methyl sites for hydroxylation is 3. The molecule has 3 aromatic carbocycles. The fourth-order valence-corrected chi connectivity index (χ4v) is 4.78. The number of carbonyl (C=O) groups excluding carboxylic acids is 1. The summed E-state index contributed by atoms with van der Waals surface area (Å²) in [4.78, 5) is 28.8. The summed E-state index contributed by atoms with van der Waals surface area (Å²) in [5.74, 6) is 0. The van der Waals surface area contributed by atoms with Gasteiger partial charge in [-0.2, -0.15) is 0 Å². The van der Waals surface area contributed by atoms with Crippen molar-refractivity contribution in [1.29, 1.82) is 0 Å². The zero-order valence-electron chi connectivity index (χ0n) is 17.6. The minimum absolute atomic E-state index is 0.286. The molecule has 0 saturated carbocycles. The molecule has 0 spiro atoms. The van der Waals surface area contributed by atoms with Crippen LogP contribution in [0.15, 0.2) is 70.4 Å². The lowest BCUT2D eigenvalue weighted by Gasteiger charge is -2.15. The van der Waals surface area contributed by atoms with E-state index in [0.717, 1.165) is 21.6 Å². The molecule has 0 bridgehead atoms. The Morgan fingerprint density at radius 3 is 2.26 bits per heavy atom. The summed E-state index contributed by atoms with van der Waals surface area (Å²) in [6, 6.07) is 18.7. The number of nitrogens with one attached hydrogen (secondary N) is 2. The Kier molecular flexibility index (Phi) is 6.77. The van der Waals surface area contributed by atoms with Gasteiger partial charge in [0.1, 0.15) is 12.5 Å². The number of hydrogen-bond donors (Lipinski definition) is 2. The van der Waals surface area contributed by atoms with E-state index in [0.29, 0.717) is 28.0 Å². The van der Waals surface area contributed by atoms with Crippen molar-refractivity contribution in [2.45, 2.75) is 25.7 Å². The Bertz CT molecular complexity index is 1310. The van der Waals surface area contributed by atoms with Crippen molar-refractivity contribution >= 4 is 34.5 Å². The Morgan fingerprint density at radius 1 is 0.935 bits per heavy atom. The summed E-state index contributed by atoms with van der Waals surface area (Å²) in [6.07, 6.45) is 0. The third kappa shape index (κ3) is 4.62. The SMILES string of the molecule is C=O.Cc1cc(C)c(S(=O)Nc2ccccc2-c2nc3ccccc3[nH]c2=O)c(C)c1. The molecule has 158 valence electrons. The van der Waals surface area contributed by atoms with Gasteiger partial charge >= 0.3 is 0 Å². The van der Waals surface area contributed by atoms with Crippen molar-refractivity contribution in [3.63, 3.8) is 0 Å². The number of aromatic nitrogens is 2.